The summed E-state index contributed by atoms with van der Waals surface area (Å²) in [5.41, 5.74) is 1.65. The normalized spacial score (nSPS) is 17.6. The number of nitrogens with one attached hydrogen (secondary N) is 1. The summed E-state index contributed by atoms with van der Waals surface area (Å²) in [5.74, 6) is 0.659. The zero-order valence-corrected chi connectivity index (χ0v) is 14.5. The van der Waals surface area contributed by atoms with Gasteiger partial charge in [0.15, 0.2) is 0 Å². The van der Waals surface area contributed by atoms with Gasteiger partial charge in [0.25, 0.3) is 0 Å². The molecule has 7 heteroatoms. The molecule has 1 fully saturated rings. The Morgan fingerprint density at radius 2 is 1.89 bits per heavy atom. The van der Waals surface area contributed by atoms with Crippen molar-refractivity contribution in [2.75, 3.05) is 6.54 Å². The van der Waals surface area contributed by atoms with E-state index in [1.54, 1.807) is 4.90 Å². The summed E-state index contributed by atoms with van der Waals surface area (Å²) in [6.07, 6.45) is -2.60. The molecule has 0 spiro atoms. The molecule has 140 valence electrons. The third-order valence-corrected chi connectivity index (χ3v) is 4.93. The highest BCUT2D eigenvalue weighted by Crippen LogP contribution is 2.32. The maximum atomic E-state index is 12.8. The number of benzene rings is 2. The van der Waals surface area contributed by atoms with Gasteiger partial charge in [0.1, 0.15) is 5.82 Å². The van der Waals surface area contributed by atoms with Crippen LogP contribution in [0.3, 0.4) is 0 Å². The summed E-state index contributed by atoms with van der Waals surface area (Å²) in [7, 11) is 0. The van der Waals surface area contributed by atoms with E-state index in [-0.39, 0.29) is 18.4 Å². The summed E-state index contributed by atoms with van der Waals surface area (Å²) in [6.45, 7) is 0.626. The number of carbonyl (C=O) groups is 1. The van der Waals surface area contributed by atoms with Crippen molar-refractivity contribution in [2.45, 2.75) is 31.5 Å². The van der Waals surface area contributed by atoms with Gasteiger partial charge in [0, 0.05) is 6.54 Å². The van der Waals surface area contributed by atoms with Crippen LogP contribution in [0, 0.1) is 0 Å². The number of para-hydroxylation sites is 2. The summed E-state index contributed by atoms with van der Waals surface area (Å²) < 4.78 is 38.0. The number of carbonyl (C=O) groups excluding carboxylic acids is 1. The highest BCUT2D eigenvalue weighted by molar-refractivity contribution is 5.80. The third-order valence-electron chi connectivity index (χ3n) is 4.93. The quantitative estimate of drug-likeness (QED) is 0.736. The predicted octanol–water partition coefficient (Wildman–Crippen LogP) is 4.49. The van der Waals surface area contributed by atoms with Gasteiger partial charge in [-0.05, 0) is 42.7 Å². The molecule has 1 aliphatic rings. The van der Waals surface area contributed by atoms with Gasteiger partial charge in [-0.3, -0.25) is 4.79 Å². The van der Waals surface area contributed by atoms with Crippen LogP contribution in [0.5, 0.6) is 0 Å². The van der Waals surface area contributed by atoms with Crippen molar-refractivity contribution in [3.05, 3.63) is 65.5 Å². The molecule has 27 heavy (non-hydrogen) atoms. The minimum Gasteiger partial charge on any atom is -0.340 e. The van der Waals surface area contributed by atoms with E-state index in [9.17, 15) is 18.0 Å². The number of rotatable bonds is 3. The van der Waals surface area contributed by atoms with Gasteiger partial charge >= 0.3 is 6.18 Å². The largest absolute Gasteiger partial charge is 0.416 e. The van der Waals surface area contributed by atoms with Crippen molar-refractivity contribution in [3.8, 4) is 0 Å². The van der Waals surface area contributed by atoms with E-state index in [2.05, 4.69) is 9.97 Å². The molecule has 3 aromatic rings. The molecule has 0 bridgehead atoms. The first-order valence-electron chi connectivity index (χ1n) is 8.82. The number of alkyl halides is 3. The number of aromatic amines is 1. The van der Waals surface area contributed by atoms with Crippen molar-refractivity contribution >= 4 is 16.9 Å². The van der Waals surface area contributed by atoms with Gasteiger partial charge in [0.05, 0.1) is 29.1 Å². The molecule has 0 aliphatic carbocycles. The van der Waals surface area contributed by atoms with Gasteiger partial charge in [-0.2, -0.15) is 13.2 Å². The monoisotopic (exact) mass is 373 g/mol. The highest BCUT2D eigenvalue weighted by atomic mass is 19.4. The van der Waals surface area contributed by atoms with Crippen LogP contribution in [0.1, 0.15) is 35.8 Å². The second-order valence-electron chi connectivity index (χ2n) is 6.76. The Kier molecular flexibility index (Phi) is 4.37. The number of aromatic nitrogens is 2. The topological polar surface area (TPSA) is 49.0 Å². The predicted molar refractivity (Wildman–Crippen MR) is 94.9 cm³/mol. The van der Waals surface area contributed by atoms with E-state index in [1.165, 1.54) is 12.1 Å². The standard InChI is InChI=1S/C20H18F3N3O/c21-20(22,23)14-9-7-13(8-10-14)12-18(27)26-11-3-6-17(26)19-24-15-4-1-2-5-16(15)25-19/h1-2,4-5,7-10,17H,3,6,11-12H2,(H,24,25)/t17-/m0/s1. The minimum absolute atomic E-state index is 0.0782. The third kappa shape index (κ3) is 3.54. The lowest BCUT2D eigenvalue weighted by Gasteiger charge is -2.23. The summed E-state index contributed by atoms with van der Waals surface area (Å²) in [6, 6.07) is 12.3. The molecule has 1 aliphatic heterocycles. The van der Waals surface area contributed by atoms with Crippen LogP contribution in [0.25, 0.3) is 11.0 Å². The van der Waals surface area contributed by atoms with Crippen molar-refractivity contribution in [3.63, 3.8) is 0 Å². The zero-order chi connectivity index (χ0) is 19.0. The van der Waals surface area contributed by atoms with Crippen LogP contribution in [0.4, 0.5) is 13.2 Å². The first-order chi connectivity index (χ1) is 12.9. The molecule has 1 atom stereocenters. The van der Waals surface area contributed by atoms with E-state index in [1.807, 2.05) is 24.3 Å². The lowest BCUT2D eigenvalue weighted by Crippen LogP contribution is -2.32. The number of fused-ring (bicyclic) bond motifs is 1. The molecule has 2 heterocycles. The summed E-state index contributed by atoms with van der Waals surface area (Å²) >= 11 is 0. The maximum absolute atomic E-state index is 12.8. The molecule has 0 radical (unpaired) electrons. The number of imidazole rings is 1. The molecule has 1 N–H and O–H groups in total. The number of nitrogens with zero attached hydrogens (tertiary/aromatic N) is 2. The molecule has 0 unspecified atom stereocenters. The fourth-order valence-electron chi connectivity index (χ4n) is 3.57. The first-order valence-corrected chi connectivity index (χ1v) is 8.82. The van der Waals surface area contributed by atoms with E-state index in [0.29, 0.717) is 12.1 Å². The molecule has 1 saturated heterocycles. The number of halogens is 3. The number of hydrogen-bond acceptors (Lipinski definition) is 2. The Bertz CT molecular complexity index is 930. The van der Waals surface area contributed by atoms with Crippen molar-refractivity contribution < 1.29 is 18.0 Å². The Balaban J connectivity index is 1.50. The molecule has 4 rings (SSSR count). The van der Waals surface area contributed by atoms with Crippen LogP contribution in [-0.4, -0.2) is 27.3 Å². The lowest BCUT2D eigenvalue weighted by atomic mass is 10.1. The van der Waals surface area contributed by atoms with Gasteiger partial charge in [-0.15, -0.1) is 0 Å². The Labute approximate surface area is 154 Å². The Hall–Kier alpha value is -2.83. The Morgan fingerprint density at radius 1 is 1.15 bits per heavy atom. The van der Waals surface area contributed by atoms with Crippen molar-refractivity contribution in [1.29, 1.82) is 0 Å². The molecular weight excluding hydrogens is 355 g/mol. The molecule has 4 nitrogen and oxygen atoms in total. The van der Waals surface area contributed by atoms with Gasteiger partial charge < -0.3 is 9.88 Å². The van der Waals surface area contributed by atoms with Crippen LogP contribution in [0.2, 0.25) is 0 Å². The van der Waals surface area contributed by atoms with E-state index in [4.69, 9.17) is 0 Å². The maximum Gasteiger partial charge on any atom is 0.416 e. The fourth-order valence-corrected chi connectivity index (χ4v) is 3.57. The molecule has 1 aromatic heterocycles. The molecule has 1 amide bonds. The fraction of sp³-hybridized carbons (Fsp3) is 0.300. The molecule has 0 saturated carbocycles. The van der Waals surface area contributed by atoms with Crippen molar-refractivity contribution in [1.82, 2.24) is 14.9 Å². The van der Waals surface area contributed by atoms with E-state index >= 15 is 0 Å². The average Bonchev–Trinajstić information content (AvgIpc) is 3.28. The number of hydrogen-bond donors (Lipinski definition) is 1. The highest BCUT2D eigenvalue weighted by Gasteiger charge is 2.33. The number of H-pyrrole nitrogens is 1. The SMILES string of the molecule is O=C(Cc1ccc(C(F)(F)F)cc1)N1CCC[C@H]1c1nc2ccccc2[nH]1. The minimum atomic E-state index is -4.37. The number of amides is 1. The van der Waals surface area contributed by atoms with Gasteiger partial charge in [-0.1, -0.05) is 24.3 Å². The van der Waals surface area contributed by atoms with Crippen LogP contribution in [0.15, 0.2) is 48.5 Å². The van der Waals surface area contributed by atoms with Crippen LogP contribution < -0.4 is 0 Å². The summed E-state index contributed by atoms with van der Waals surface area (Å²) in [5, 5.41) is 0. The lowest BCUT2D eigenvalue weighted by molar-refractivity contribution is -0.137. The second-order valence-corrected chi connectivity index (χ2v) is 6.76. The zero-order valence-electron chi connectivity index (χ0n) is 14.5. The van der Waals surface area contributed by atoms with Crippen molar-refractivity contribution in [2.24, 2.45) is 0 Å². The summed E-state index contributed by atoms with van der Waals surface area (Å²) in [4.78, 5) is 22.4. The molecular formula is C20H18F3N3O. The van der Waals surface area contributed by atoms with E-state index in [0.717, 1.165) is 41.8 Å². The van der Waals surface area contributed by atoms with Crippen LogP contribution in [-0.2, 0) is 17.4 Å². The second kappa shape index (κ2) is 6.72. The number of likely N-dealkylation sites (tertiary alicyclic amines) is 1. The van der Waals surface area contributed by atoms with Crippen LogP contribution >= 0.6 is 0 Å². The van der Waals surface area contributed by atoms with Gasteiger partial charge in [0.2, 0.25) is 5.91 Å². The Morgan fingerprint density at radius 3 is 2.59 bits per heavy atom. The molecule has 2 aromatic carbocycles. The van der Waals surface area contributed by atoms with E-state index < -0.39 is 11.7 Å². The smallest absolute Gasteiger partial charge is 0.340 e. The average molecular weight is 373 g/mol. The van der Waals surface area contributed by atoms with Gasteiger partial charge in [-0.25, -0.2) is 4.98 Å². The first kappa shape index (κ1) is 17.6.